The minimum absolute atomic E-state index is 0.0471. The third-order valence-electron chi connectivity index (χ3n) is 5.58. The Morgan fingerprint density at radius 2 is 1.88 bits per heavy atom. The van der Waals surface area contributed by atoms with Crippen LogP contribution in [0.3, 0.4) is 0 Å². The highest BCUT2D eigenvalue weighted by molar-refractivity contribution is 5.93. The van der Waals surface area contributed by atoms with Gasteiger partial charge in [0, 0.05) is 38.4 Å². The molecule has 2 aliphatic rings. The molecule has 1 N–H and O–H groups in total. The molecule has 3 rings (SSSR count). The molecular formula is C18H26N4O4. The van der Waals surface area contributed by atoms with Crippen LogP contribution in [0.15, 0.2) is 15.8 Å². The fraction of sp³-hybridized carbons (Fsp3) is 0.667. The predicted molar refractivity (Wildman–Crippen MR) is 95.8 cm³/mol. The highest BCUT2D eigenvalue weighted by Gasteiger charge is 2.52. The Balaban J connectivity index is 1.85. The van der Waals surface area contributed by atoms with Crippen molar-refractivity contribution in [2.24, 2.45) is 7.05 Å². The third kappa shape index (κ3) is 2.97. The van der Waals surface area contributed by atoms with Gasteiger partial charge in [-0.2, -0.15) is 0 Å². The summed E-state index contributed by atoms with van der Waals surface area (Å²) in [5, 5.41) is 0. The molecule has 2 aliphatic heterocycles. The molecule has 2 fully saturated rings. The van der Waals surface area contributed by atoms with Crippen LogP contribution < -0.4 is 11.2 Å². The molecule has 0 aromatic carbocycles. The maximum Gasteiger partial charge on any atom is 0.328 e. The number of hydrogen-bond acceptors (Lipinski definition) is 4. The summed E-state index contributed by atoms with van der Waals surface area (Å²) in [5.74, 6) is -0.177. The molecule has 3 heterocycles. The second-order valence-electron chi connectivity index (χ2n) is 7.24. The number of H-pyrrole nitrogens is 1. The van der Waals surface area contributed by atoms with E-state index in [1.165, 1.54) is 13.2 Å². The van der Waals surface area contributed by atoms with Gasteiger partial charge in [0.05, 0.1) is 6.42 Å². The SMILES string of the molecule is CCCN1CCCC2(CCCN2C(=O)Cc2c[nH]c(=O)n(C)c2=O)C1=O. The fourth-order valence-corrected chi connectivity index (χ4v) is 4.27. The molecule has 1 unspecified atom stereocenters. The Kier molecular flexibility index (Phi) is 5.02. The Bertz CT molecular complexity index is 825. The molecular weight excluding hydrogens is 336 g/mol. The Hall–Kier alpha value is -2.38. The number of hydrogen-bond donors (Lipinski definition) is 1. The van der Waals surface area contributed by atoms with E-state index in [0.717, 1.165) is 30.4 Å². The Morgan fingerprint density at radius 3 is 2.58 bits per heavy atom. The van der Waals surface area contributed by atoms with Crippen LogP contribution in [0.1, 0.15) is 44.6 Å². The molecule has 1 atom stereocenters. The molecule has 2 saturated heterocycles. The summed E-state index contributed by atoms with van der Waals surface area (Å²) in [6.07, 6.45) is 5.13. The highest BCUT2D eigenvalue weighted by atomic mass is 16.2. The average Bonchev–Trinajstić information content (AvgIpc) is 3.04. The number of piperidine rings is 1. The lowest BCUT2D eigenvalue weighted by Gasteiger charge is -2.44. The van der Waals surface area contributed by atoms with Crippen molar-refractivity contribution in [1.82, 2.24) is 19.4 Å². The maximum atomic E-state index is 13.1. The molecule has 8 nitrogen and oxygen atoms in total. The lowest BCUT2D eigenvalue weighted by atomic mass is 9.85. The molecule has 26 heavy (non-hydrogen) atoms. The van der Waals surface area contributed by atoms with Crippen LogP contribution in [-0.4, -0.2) is 56.3 Å². The number of nitrogens with zero attached hydrogens (tertiary/aromatic N) is 3. The van der Waals surface area contributed by atoms with E-state index in [0.29, 0.717) is 25.9 Å². The normalized spacial score (nSPS) is 23.1. The minimum Gasteiger partial charge on any atom is -0.341 e. The lowest BCUT2D eigenvalue weighted by molar-refractivity contribution is -0.155. The Labute approximate surface area is 151 Å². The van der Waals surface area contributed by atoms with Crippen LogP contribution in [0.25, 0.3) is 0 Å². The summed E-state index contributed by atoms with van der Waals surface area (Å²) >= 11 is 0. The van der Waals surface area contributed by atoms with Crippen LogP contribution in [0.2, 0.25) is 0 Å². The zero-order valence-corrected chi connectivity index (χ0v) is 15.4. The fourth-order valence-electron chi connectivity index (χ4n) is 4.27. The number of rotatable bonds is 4. The smallest absolute Gasteiger partial charge is 0.328 e. The summed E-state index contributed by atoms with van der Waals surface area (Å²) in [6.45, 7) is 4.03. The van der Waals surface area contributed by atoms with Gasteiger partial charge >= 0.3 is 5.69 Å². The van der Waals surface area contributed by atoms with Crippen LogP contribution in [0.4, 0.5) is 0 Å². The van der Waals surface area contributed by atoms with Crippen molar-refractivity contribution in [1.29, 1.82) is 0 Å². The van der Waals surface area contributed by atoms with Gasteiger partial charge in [-0.1, -0.05) is 6.92 Å². The molecule has 8 heteroatoms. The monoisotopic (exact) mass is 362 g/mol. The quantitative estimate of drug-likeness (QED) is 0.816. The van der Waals surface area contributed by atoms with E-state index in [2.05, 4.69) is 4.98 Å². The van der Waals surface area contributed by atoms with Crippen LogP contribution in [0.5, 0.6) is 0 Å². The van der Waals surface area contributed by atoms with Crippen molar-refractivity contribution >= 4 is 11.8 Å². The molecule has 1 aromatic heterocycles. The highest BCUT2D eigenvalue weighted by Crippen LogP contribution is 2.38. The number of nitrogens with one attached hydrogen (secondary N) is 1. The van der Waals surface area contributed by atoms with Crippen LogP contribution >= 0.6 is 0 Å². The van der Waals surface area contributed by atoms with Crippen molar-refractivity contribution in [2.45, 2.75) is 51.0 Å². The van der Waals surface area contributed by atoms with E-state index in [4.69, 9.17) is 0 Å². The van der Waals surface area contributed by atoms with Crippen LogP contribution in [0, 0.1) is 0 Å². The number of aromatic amines is 1. The molecule has 1 aromatic rings. The maximum absolute atomic E-state index is 13.1. The van der Waals surface area contributed by atoms with E-state index in [1.807, 2.05) is 11.8 Å². The summed E-state index contributed by atoms with van der Waals surface area (Å²) in [7, 11) is 1.37. The standard InChI is InChI=1S/C18H26N4O4/c1-3-8-21-9-4-6-18(16(21)25)7-5-10-22(18)14(23)11-13-12-19-17(26)20(2)15(13)24/h12H,3-11H2,1-2H3,(H,19,26). The second kappa shape index (κ2) is 7.09. The molecule has 142 valence electrons. The average molecular weight is 362 g/mol. The van der Waals surface area contributed by atoms with Crippen molar-refractivity contribution in [3.8, 4) is 0 Å². The van der Waals surface area contributed by atoms with Gasteiger partial charge in [-0.3, -0.25) is 19.0 Å². The van der Waals surface area contributed by atoms with E-state index in [9.17, 15) is 19.2 Å². The van der Waals surface area contributed by atoms with Crippen molar-refractivity contribution in [3.05, 3.63) is 32.6 Å². The van der Waals surface area contributed by atoms with E-state index < -0.39 is 16.8 Å². The molecule has 0 bridgehead atoms. The number of carbonyl (C=O) groups excluding carboxylic acids is 2. The lowest BCUT2D eigenvalue weighted by Crippen LogP contribution is -2.61. The largest absolute Gasteiger partial charge is 0.341 e. The first kappa shape index (κ1) is 18.4. The number of carbonyl (C=O) groups is 2. The zero-order valence-electron chi connectivity index (χ0n) is 15.4. The number of likely N-dealkylation sites (tertiary alicyclic amines) is 2. The minimum atomic E-state index is -0.752. The third-order valence-corrected chi connectivity index (χ3v) is 5.58. The van der Waals surface area contributed by atoms with Gasteiger partial charge in [0.1, 0.15) is 5.54 Å². The predicted octanol–water partition coefficient (Wildman–Crippen LogP) is 0.00970. The number of aromatic nitrogens is 2. The molecule has 1 spiro atoms. The van der Waals surface area contributed by atoms with Gasteiger partial charge in [-0.05, 0) is 32.1 Å². The van der Waals surface area contributed by atoms with Gasteiger partial charge in [0.15, 0.2) is 0 Å². The summed E-state index contributed by atoms with van der Waals surface area (Å²) in [6, 6.07) is 0. The van der Waals surface area contributed by atoms with Crippen molar-refractivity contribution in [3.63, 3.8) is 0 Å². The van der Waals surface area contributed by atoms with Gasteiger partial charge < -0.3 is 14.8 Å². The molecule has 0 aliphatic carbocycles. The first-order chi connectivity index (χ1) is 12.4. The van der Waals surface area contributed by atoms with E-state index in [-0.39, 0.29) is 23.8 Å². The van der Waals surface area contributed by atoms with Crippen molar-refractivity contribution in [2.75, 3.05) is 19.6 Å². The zero-order chi connectivity index (χ0) is 18.9. The molecule has 0 radical (unpaired) electrons. The molecule has 2 amide bonds. The first-order valence-electron chi connectivity index (χ1n) is 9.28. The number of amides is 2. The summed E-state index contributed by atoms with van der Waals surface area (Å²) in [5.41, 5.74) is -1.50. The van der Waals surface area contributed by atoms with Gasteiger partial charge in [0.25, 0.3) is 5.56 Å². The van der Waals surface area contributed by atoms with Gasteiger partial charge in [-0.15, -0.1) is 0 Å². The topological polar surface area (TPSA) is 95.5 Å². The van der Waals surface area contributed by atoms with Gasteiger partial charge in [0.2, 0.25) is 11.8 Å². The van der Waals surface area contributed by atoms with E-state index >= 15 is 0 Å². The van der Waals surface area contributed by atoms with Crippen molar-refractivity contribution < 1.29 is 9.59 Å². The molecule has 0 saturated carbocycles. The summed E-state index contributed by atoms with van der Waals surface area (Å²) < 4.78 is 0.955. The first-order valence-corrected chi connectivity index (χ1v) is 9.28. The van der Waals surface area contributed by atoms with Crippen LogP contribution in [-0.2, 0) is 23.1 Å². The summed E-state index contributed by atoms with van der Waals surface area (Å²) in [4.78, 5) is 55.8. The Morgan fingerprint density at radius 1 is 1.19 bits per heavy atom. The second-order valence-corrected chi connectivity index (χ2v) is 7.24. The van der Waals surface area contributed by atoms with E-state index in [1.54, 1.807) is 4.90 Å². The van der Waals surface area contributed by atoms with Gasteiger partial charge in [-0.25, -0.2) is 4.79 Å².